The van der Waals surface area contributed by atoms with Gasteiger partial charge in [-0.2, -0.15) is 0 Å². The number of H-pyrrole nitrogens is 1. The number of amides is 6. The second kappa shape index (κ2) is 16.6. The lowest BCUT2D eigenvalue weighted by Crippen LogP contribution is -2.54. The minimum atomic E-state index is -1.04. The van der Waals surface area contributed by atoms with Gasteiger partial charge in [-0.05, 0) is 66.1 Å². The molecular formula is C38H32N6O10. The van der Waals surface area contributed by atoms with Gasteiger partial charge in [0.25, 0.3) is 17.4 Å². The molecular weight excluding hydrogens is 700 g/mol. The number of aromatic nitrogens is 2. The smallest absolute Gasteiger partial charge is 0.335 e. The zero-order valence-corrected chi connectivity index (χ0v) is 28.5. The number of imide groups is 2. The first-order valence-electron chi connectivity index (χ1n) is 16.3. The van der Waals surface area contributed by atoms with Gasteiger partial charge >= 0.3 is 17.7 Å². The van der Waals surface area contributed by atoms with Crippen molar-refractivity contribution in [1.82, 2.24) is 14.9 Å². The van der Waals surface area contributed by atoms with Crippen LogP contribution >= 0.6 is 0 Å². The van der Waals surface area contributed by atoms with Crippen molar-refractivity contribution < 1.29 is 39.0 Å². The fraction of sp³-hybridized carbons (Fsp3) is 0.105. The number of anilines is 3. The Morgan fingerprint density at radius 3 is 2.19 bits per heavy atom. The zero-order chi connectivity index (χ0) is 38.9. The predicted molar refractivity (Wildman–Crippen MR) is 198 cm³/mol. The molecule has 0 radical (unpaired) electrons. The minimum Gasteiger partial charge on any atom is -0.494 e. The number of carbonyl (C=O) groups excluding carboxylic acids is 5. The van der Waals surface area contributed by atoms with Gasteiger partial charge in [0, 0.05) is 31.1 Å². The van der Waals surface area contributed by atoms with E-state index in [1.165, 1.54) is 73.7 Å². The molecule has 3 aromatic carbocycles. The van der Waals surface area contributed by atoms with Crippen LogP contribution in [0.1, 0.15) is 37.3 Å². The lowest BCUT2D eigenvalue weighted by Gasteiger charge is -2.26. The Morgan fingerprint density at radius 1 is 0.833 bits per heavy atom. The number of hydrogen-bond acceptors (Lipinski definition) is 9. The highest BCUT2D eigenvalue weighted by molar-refractivity contribution is 6.37. The second-order valence-electron chi connectivity index (χ2n) is 11.7. The standard InChI is InChI=1S/C38H32N6O10/c1-22(45)39-25-10-5-12-27(20-25)43-35(51)29(33(49)41-37(43)53)18-16-24(23-8-3-2-4-9-23)17-19-30-34(50)42-38(54)44(36(30)52)28-13-6-11-26(21-28)40-31(46)14-7-15-32(47)48/h2-6,8-13,16-21,49H,7,14-15H2,1H3,(H,39,45)(H,40,46)(H,41,53)(H,47,48)(H,42,50,54). The molecule has 1 aromatic heterocycles. The molecule has 0 bridgehead atoms. The van der Waals surface area contributed by atoms with E-state index in [4.69, 9.17) is 5.11 Å². The molecule has 6 N–H and O–H groups in total. The number of nitrogens with one attached hydrogen (secondary N) is 4. The van der Waals surface area contributed by atoms with Gasteiger partial charge in [-0.3, -0.25) is 39.1 Å². The summed E-state index contributed by atoms with van der Waals surface area (Å²) in [7, 11) is 0. The first kappa shape index (κ1) is 37.6. The maximum atomic E-state index is 13.6. The summed E-state index contributed by atoms with van der Waals surface area (Å²) in [4.78, 5) is 103. The van der Waals surface area contributed by atoms with Crippen LogP contribution in [0.25, 0.3) is 17.3 Å². The minimum absolute atomic E-state index is 0.0267. The van der Waals surface area contributed by atoms with Crippen molar-refractivity contribution in [2.24, 2.45) is 0 Å². The number of urea groups is 1. The third-order valence-corrected chi connectivity index (χ3v) is 7.79. The highest BCUT2D eigenvalue weighted by Gasteiger charge is 2.36. The van der Waals surface area contributed by atoms with Crippen molar-refractivity contribution >= 4 is 64.3 Å². The maximum absolute atomic E-state index is 13.6. The van der Waals surface area contributed by atoms with Gasteiger partial charge in [-0.1, -0.05) is 54.6 Å². The summed E-state index contributed by atoms with van der Waals surface area (Å²) in [6, 6.07) is 19.2. The molecule has 274 valence electrons. The van der Waals surface area contributed by atoms with Gasteiger partial charge in [0.05, 0.1) is 11.4 Å². The summed E-state index contributed by atoms with van der Waals surface area (Å²) in [6.07, 6.45) is 5.06. The number of barbiturate groups is 1. The molecule has 4 aromatic rings. The van der Waals surface area contributed by atoms with Crippen LogP contribution in [0.2, 0.25) is 0 Å². The quantitative estimate of drug-likeness (QED) is 0.0702. The molecule has 1 fully saturated rings. The van der Waals surface area contributed by atoms with Crippen LogP contribution < -0.4 is 32.1 Å². The number of benzene rings is 3. The molecule has 0 atom stereocenters. The number of carboxylic acids is 1. The highest BCUT2D eigenvalue weighted by Crippen LogP contribution is 2.25. The predicted octanol–water partition coefficient (Wildman–Crippen LogP) is 3.69. The molecule has 2 heterocycles. The molecule has 1 aliphatic heterocycles. The average molecular weight is 733 g/mol. The van der Waals surface area contributed by atoms with Crippen LogP contribution in [0.3, 0.4) is 0 Å². The summed E-state index contributed by atoms with van der Waals surface area (Å²) in [5, 5.41) is 26.7. The summed E-state index contributed by atoms with van der Waals surface area (Å²) >= 11 is 0. The van der Waals surface area contributed by atoms with E-state index in [2.05, 4.69) is 20.9 Å². The number of aromatic amines is 1. The lowest BCUT2D eigenvalue weighted by molar-refractivity contribution is -0.137. The first-order chi connectivity index (χ1) is 25.8. The molecule has 16 heteroatoms. The zero-order valence-electron chi connectivity index (χ0n) is 28.5. The fourth-order valence-electron chi connectivity index (χ4n) is 5.33. The number of nitrogens with zero attached hydrogens (tertiary/aromatic N) is 2. The molecule has 0 spiro atoms. The van der Waals surface area contributed by atoms with E-state index in [0.717, 1.165) is 4.57 Å². The normalized spacial score (nSPS) is 13.9. The van der Waals surface area contributed by atoms with E-state index in [0.29, 0.717) is 21.7 Å². The molecule has 0 unspecified atom stereocenters. The molecule has 16 nitrogen and oxygen atoms in total. The summed E-state index contributed by atoms with van der Waals surface area (Å²) < 4.78 is 0.773. The lowest BCUT2D eigenvalue weighted by atomic mass is 10.0. The van der Waals surface area contributed by atoms with Crippen molar-refractivity contribution in [1.29, 1.82) is 0 Å². The van der Waals surface area contributed by atoms with Crippen LogP contribution in [0, 0.1) is 0 Å². The number of carboxylic acid groups (broad SMARTS) is 1. The van der Waals surface area contributed by atoms with E-state index in [1.54, 1.807) is 36.4 Å². The SMILES string of the molecule is CC(=O)Nc1cccc(-n2c(=O)[nH]c(O)c(C=CC(=CC=C3C(=O)NC(=O)N(c4cccc(NC(=O)CCCC(=O)O)c4)C3=O)c3ccccc3)c2=O)c1. The molecule has 0 saturated carbocycles. The number of aromatic hydroxyl groups is 1. The Balaban J connectivity index is 1.48. The number of carbonyl (C=O) groups is 6. The molecule has 5 rings (SSSR count). The number of hydrogen-bond donors (Lipinski definition) is 6. The Labute approximate surface area is 305 Å². The number of aliphatic carboxylic acids is 1. The Morgan fingerprint density at radius 2 is 1.50 bits per heavy atom. The topological polar surface area (TPSA) is 237 Å². The van der Waals surface area contributed by atoms with Gasteiger partial charge in [0.15, 0.2) is 0 Å². The average Bonchev–Trinajstić information content (AvgIpc) is 3.10. The molecule has 1 aliphatic rings. The molecule has 54 heavy (non-hydrogen) atoms. The van der Waals surface area contributed by atoms with Gasteiger partial charge in [-0.25, -0.2) is 19.1 Å². The second-order valence-corrected chi connectivity index (χ2v) is 11.7. The van der Waals surface area contributed by atoms with Gasteiger partial charge in [0.1, 0.15) is 11.1 Å². The third kappa shape index (κ3) is 8.99. The Bertz CT molecular complexity index is 2390. The van der Waals surface area contributed by atoms with Crippen molar-refractivity contribution in [2.45, 2.75) is 26.2 Å². The first-order valence-corrected chi connectivity index (χ1v) is 16.3. The summed E-state index contributed by atoms with van der Waals surface area (Å²) in [5.74, 6) is -4.58. The van der Waals surface area contributed by atoms with Crippen molar-refractivity contribution in [2.75, 3.05) is 15.5 Å². The van der Waals surface area contributed by atoms with Gasteiger partial charge < -0.3 is 20.8 Å². The van der Waals surface area contributed by atoms with Gasteiger partial charge in [-0.15, -0.1) is 0 Å². The molecule has 1 saturated heterocycles. The van der Waals surface area contributed by atoms with Gasteiger partial charge in [0.2, 0.25) is 17.7 Å². The van der Waals surface area contributed by atoms with E-state index < -0.39 is 52.4 Å². The monoisotopic (exact) mass is 732 g/mol. The third-order valence-electron chi connectivity index (χ3n) is 7.79. The van der Waals surface area contributed by atoms with E-state index in [9.17, 15) is 43.5 Å². The van der Waals surface area contributed by atoms with Crippen LogP contribution in [0.4, 0.5) is 21.9 Å². The fourth-order valence-corrected chi connectivity index (χ4v) is 5.33. The molecule has 6 amide bonds. The van der Waals surface area contributed by atoms with Crippen molar-refractivity contribution in [3.05, 3.63) is 135 Å². The van der Waals surface area contributed by atoms with E-state index in [-0.39, 0.29) is 47.8 Å². The Hall–Kier alpha value is -7.62. The van der Waals surface area contributed by atoms with E-state index in [1.807, 2.05) is 0 Å². The van der Waals surface area contributed by atoms with Crippen LogP contribution in [0.15, 0.2) is 112 Å². The van der Waals surface area contributed by atoms with Crippen molar-refractivity contribution in [3.63, 3.8) is 0 Å². The summed E-state index contributed by atoms with van der Waals surface area (Å²) in [6.45, 7) is 1.30. The number of rotatable bonds is 12. The maximum Gasteiger partial charge on any atom is 0.335 e. The highest BCUT2D eigenvalue weighted by atomic mass is 16.4. The van der Waals surface area contributed by atoms with Crippen molar-refractivity contribution in [3.8, 4) is 11.6 Å². The number of allylic oxidation sites excluding steroid dienone is 4. The largest absolute Gasteiger partial charge is 0.494 e. The van der Waals surface area contributed by atoms with Crippen LogP contribution in [0.5, 0.6) is 5.88 Å². The Kier molecular flexibility index (Phi) is 11.6. The van der Waals surface area contributed by atoms with Crippen LogP contribution in [-0.2, 0) is 24.0 Å². The molecule has 0 aliphatic carbocycles. The summed E-state index contributed by atoms with van der Waals surface area (Å²) in [5.41, 5.74) is -1.02. The van der Waals surface area contributed by atoms with Crippen LogP contribution in [-0.4, -0.2) is 55.4 Å². The van der Waals surface area contributed by atoms with E-state index >= 15 is 0 Å².